The smallest absolute Gasteiger partial charge is 0.124 e. The number of pyridine rings is 1. The minimum absolute atomic E-state index is 0.364. The first-order valence-electron chi connectivity index (χ1n) is 7.22. The summed E-state index contributed by atoms with van der Waals surface area (Å²) in [6.07, 6.45) is 9.53. The van der Waals surface area contributed by atoms with Gasteiger partial charge in [0.1, 0.15) is 10.7 Å². The molecule has 1 aliphatic carbocycles. The van der Waals surface area contributed by atoms with Crippen molar-refractivity contribution in [1.29, 1.82) is 0 Å². The van der Waals surface area contributed by atoms with Crippen LogP contribution in [-0.2, 0) is 0 Å². The van der Waals surface area contributed by atoms with E-state index in [-0.39, 0.29) is 0 Å². The topological polar surface area (TPSA) is 50.9 Å². The first kappa shape index (κ1) is 14.3. The summed E-state index contributed by atoms with van der Waals surface area (Å²) < 4.78 is 0. The van der Waals surface area contributed by atoms with E-state index >= 15 is 0 Å². The van der Waals surface area contributed by atoms with Gasteiger partial charge in [0.05, 0.1) is 5.69 Å². The Balaban J connectivity index is 1.94. The fraction of sp³-hybridized carbons (Fsp3) is 0.600. The van der Waals surface area contributed by atoms with Crippen molar-refractivity contribution < 1.29 is 0 Å². The number of hydrogen-bond acceptors (Lipinski definition) is 3. The Morgan fingerprint density at radius 1 is 1.42 bits per heavy atom. The third-order valence-corrected chi connectivity index (χ3v) is 4.14. The van der Waals surface area contributed by atoms with Crippen molar-refractivity contribution in [3.63, 3.8) is 0 Å². The molecule has 1 saturated carbocycles. The molecule has 1 aromatic heterocycles. The zero-order chi connectivity index (χ0) is 13.7. The Labute approximate surface area is 121 Å². The molecule has 0 unspecified atom stereocenters. The van der Waals surface area contributed by atoms with Crippen molar-refractivity contribution in [1.82, 2.24) is 4.98 Å². The lowest BCUT2D eigenvalue weighted by Gasteiger charge is -2.30. The molecule has 0 aliphatic heterocycles. The van der Waals surface area contributed by atoms with Gasteiger partial charge in [0.2, 0.25) is 0 Å². The van der Waals surface area contributed by atoms with Gasteiger partial charge < -0.3 is 11.1 Å². The molecule has 1 aromatic rings. The van der Waals surface area contributed by atoms with Crippen LogP contribution in [0.4, 0.5) is 5.69 Å². The van der Waals surface area contributed by atoms with Crippen molar-refractivity contribution in [3.8, 4) is 0 Å². The molecule has 0 spiro atoms. The van der Waals surface area contributed by atoms with Crippen molar-refractivity contribution in [2.45, 2.75) is 51.5 Å². The molecule has 104 valence electrons. The van der Waals surface area contributed by atoms with Gasteiger partial charge >= 0.3 is 0 Å². The number of rotatable bonds is 5. The molecule has 0 atom stereocenters. The third-order valence-electron chi connectivity index (χ3n) is 3.94. The summed E-state index contributed by atoms with van der Waals surface area (Å²) in [4.78, 5) is 4.62. The molecular weight excluding hydrogens is 254 g/mol. The van der Waals surface area contributed by atoms with Crippen LogP contribution < -0.4 is 11.1 Å². The Morgan fingerprint density at radius 3 is 2.79 bits per heavy atom. The van der Waals surface area contributed by atoms with Crippen LogP contribution >= 0.6 is 12.2 Å². The van der Waals surface area contributed by atoms with E-state index in [2.05, 4.69) is 17.2 Å². The van der Waals surface area contributed by atoms with E-state index in [0.717, 1.165) is 11.6 Å². The van der Waals surface area contributed by atoms with Gasteiger partial charge in [-0.15, -0.1) is 0 Å². The van der Waals surface area contributed by atoms with E-state index in [0.29, 0.717) is 16.7 Å². The predicted octanol–water partition coefficient (Wildman–Crippen LogP) is 3.49. The Hall–Kier alpha value is -1.16. The van der Waals surface area contributed by atoms with E-state index < -0.39 is 0 Å². The standard InChI is InChI=1S/C15H23N3S/c1-2-4-11-6-8-12(9-7-11)18-13-5-3-10-17-14(13)15(16)19/h3,5,10-12,18H,2,4,6-9H2,1H3,(H2,16,19). The van der Waals surface area contributed by atoms with E-state index in [1.165, 1.54) is 38.5 Å². The number of nitrogens with two attached hydrogens (primary N) is 1. The number of nitrogens with zero attached hydrogens (tertiary/aromatic N) is 1. The average Bonchev–Trinajstić information content (AvgIpc) is 2.42. The molecule has 0 bridgehead atoms. The molecule has 3 nitrogen and oxygen atoms in total. The SMILES string of the molecule is CCCC1CCC(Nc2cccnc2C(N)=S)CC1. The van der Waals surface area contributed by atoms with Crippen molar-refractivity contribution in [3.05, 3.63) is 24.0 Å². The van der Waals surface area contributed by atoms with Crippen molar-refractivity contribution >= 4 is 22.9 Å². The molecule has 0 radical (unpaired) electrons. The van der Waals surface area contributed by atoms with Gasteiger partial charge in [0.15, 0.2) is 0 Å². The normalized spacial score (nSPS) is 23.0. The zero-order valence-electron chi connectivity index (χ0n) is 11.6. The Bertz CT molecular complexity index is 425. The van der Waals surface area contributed by atoms with E-state index in [1.54, 1.807) is 6.20 Å². The van der Waals surface area contributed by atoms with Gasteiger partial charge in [-0.25, -0.2) is 0 Å². The van der Waals surface area contributed by atoms with Crippen molar-refractivity contribution in [2.24, 2.45) is 11.7 Å². The minimum Gasteiger partial charge on any atom is -0.388 e. The molecule has 1 heterocycles. The van der Waals surface area contributed by atoms with Crippen LogP contribution in [0.2, 0.25) is 0 Å². The molecule has 0 aromatic carbocycles. The van der Waals surface area contributed by atoms with Gasteiger partial charge in [-0.2, -0.15) is 0 Å². The molecule has 0 amide bonds. The number of nitrogens with one attached hydrogen (secondary N) is 1. The van der Waals surface area contributed by atoms with Crippen LogP contribution in [0.25, 0.3) is 0 Å². The molecule has 4 heteroatoms. The monoisotopic (exact) mass is 277 g/mol. The fourth-order valence-electron chi connectivity index (χ4n) is 2.94. The Morgan fingerprint density at radius 2 is 2.16 bits per heavy atom. The summed E-state index contributed by atoms with van der Waals surface area (Å²) in [5, 5.41) is 3.56. The lowest BCUT2D eigenvalue weighted by Crippen LogP contribution is -2.27. The van der Waals surface area contributed by atoms with Gasteiger partial charge in [0.25, 0.3) is 0 Å². The summed E-state index contributed by atoms with van der Waals surface area (Å²) in [6, 6.07) is 4.47. The average molecular weight is 277 g/mol. The highest BCUT2D eigenvalue weighted by Gasteiger charge is 2.21. The van der Waals surface area contributed by atoms with E-state index in [1.807, 2.05) is 12.1 Å². The molecule has 2 rings (SSSR count). The highest BCUT2D eigenvalue weighted by molar-refractivity contribution is 7.80. The number of hydrogen-bond donors (Lipinski definition) is 2. The molecule has 1 fully saturated rings. The first-order chi connectivity index (χ1) is 9.20. The van der Waals surface area contributed by atoms with Crippen LogP contribution in [0.15, 0.2) is 18.3 Å². The van der Waals surface area contributed by atoms with Crippen molar-refractivity contribution in [2.75, 3.05) is 5.32 Å². The third kappa shape index (κ3) is 3.90. The highest BCUT2D eigenvalue weighted by Crippen LogP contribution is 2.29. The second-order valence-electron chi connectivity index (χ2n) is 5.41. The van der Waals surface area contributed by atoms with E-state index in [4.69, 9.17) is 18.0 Å². The van der Waals surface area contributed by atoms with Crippen LogP contribution in [0.3, 0.4) is 0 Å². The van der Waals surface area contributed by atoms with Crippen LogP contribution in [0.5, 0.6) is 0 Å². The van der Waals surface area contributed by atoms with Crippen LogP contribution in [0, 0.1) is 5.92 Å². The summed E-state index contributed by atoms with van der Waals surface area (Å²) >= 11 is 5.05. The lowest BCUT2D eigenvalue weighted by molar-refractivity contribution is 0.319. The summed E-state index contributed by atoms with van der Waals surface area (Å²) in [6.45, 7) is 2.27. The van der Waals surface area contributed by atoms with E-state index in [9.17, 15) is 0 Å². The van der Waals surface area contributed by atoms with Gasteiger partial charge in [-0.3, -0.25) is 4.98 Å². The maximum Gasteiger partial charge on any atom is 0.124 e. The summed E-state index contributed by atoms with van der Waals surface area (Å²) in [5.41, 5.74) is 7.41. The lowest BCUT2D eigenvalue weighted by atomic mass is 9.83. The van der Waals surface area contributed by atoms with Gasteiger partial charge in [-0.05, 0) is 43.7 Å². The summed E-state index contributed by atoms with van der Waals surface area (Å²) in [5.74, 6) is 0.923. The molecule has 0 saturated heterocycles. The second kappa shape index (κ2) is 6.85. The van der Waals surface area contributed by atoms with Crippen LogP contribution in [0.1, 0.15) is 51.1 Å². The first-order valence-corrected chi connectivity index (χ1v) is 7.63. The quantitative estimate of drug-likeness (QED) is 0.809. The van der Waals surface area contributed by atoms with Gasteiger partial charge in [-0.1, -0.05) is 32.0 Å². The maximum atomic E-state index is 5.71. The number of thiocarbonyl (C=S) groups is 1. The minimum atomic E-state index is 0.364. The molecular formula is C15H23N3S. The van der Waals surface area contributed by atoms with Crippen LogP contribution in [-0.4, -0.2) is 16.0 Å². The summed E-state index contributed by atoms with van der Waals surface area (Å²) in [7, 11) is 0. The molecule has 19 heavy (non-hydrogen) atoms. The van der Waals surface area contributed by atoms with Gasteiger partial charge in [0, 0.05) is 12.2 Å². The molecule has 1 aliphatic rings. The fourth-order valence-corrected chi connectivity index (χ4v) is 3.10. The highest BCUT2D eigenvalue weighted by atomic mass is 32.1. The predicted molar refractivity (Wildman–Crippen MR) is 84.4 cm³/mol. The second-order valence-corrected chi connectivity index (χ2v) is 5.85. The number of anilines is 1. The molecule has 3 N–H and O–H groups in total. The maximum absolute atomic E-state index is 5.71. The zero-order valence-corrected chi connectivity index (χ0v) is 12.4. The number of aromatic nitrogens is 1. The largest absolute Gasteiger partial charge is 0.388 e. The Kier molecular flexibility index (Phi) is 5.14.